The van der Waals surface area contributed by atoms with Gasteiger partial charge in [-0.1, -0.05) is 12.1 Å². The number of halogens is 5. The molecule has 3 aromatic carbocycles. The third kappa shape index (κ3) is 6.42. The van der Waals surface area contributed by atoms with E-state index >= 15 is 0 Å². The van der Waals surface area contributed by atoms with Gasteiger partial charge in [0.1, 0.15) is 11.6 Å². The number of carbonyl (C=O) groups excluding carboxylic acids is 2. The highest BCUT2D eigenvalue weighted by Crippen LogP contribution is 2.33. The molecule has 0 aliphatic rings. The second-order valence-electron chi connectivity index (χ2n) is 6.48. The zero-order valence-electron chi connectivity index (χ0n) is 16.1. The highest BCUT2D eigenvalue weighted by atomic mass is 19.4. The molecule has 3 rings (SSSR count). The molecule has 0 saturated heterocycles. The van der Waals surface area contributed by atoms with E-state index in [-0.39, 0.29) is 22.7 Å². The van der Waals surface area contributed by atoms with Crippen molar-refractivity contribution in [2.45, 2.75) is 6.18 Å². The van der Waals surface area contributed by atoms with Crippen molar-refractivity contribution in [2.75, 3.05) is 21.3 Å². The molecule has 0 unspecified atom stereocenters. The zero-order chi connectivity index (χ0) is 23.3. The van der Waals surface area contributed by atoms with Gasteiger partial charge in [0.2, 0.25) is 0 Å². The average Bonchev–Trinajstić information content (AvgIpc) is 2.67. The van der Waals surface area contributed by atoms with E-state index < -0.39 is 35.4 Å². The van der Waals surface area contributed by atoms with Crippen molar-refractivity contribution in [2.24, 2.45) is 0 Å². The normalized spacial score (nSPS) is 10.9. The lowest BCUT2D eigenvalue weighted by Crippen LogP contribution is -2.22. The van der Waals surface area contributed by atoms with Crippen LogP contribution in [0.1, 0.15) is 5.56 Å². The molecule has 0 aliphatic carbocycles. The highest BCUT2D eigenvalue weighted by molar-refractivity contribution is 6.02. The Hall–Kier alpha value is -4.15. The number of rotatable bonds is 4. The SMILES string of the molecule is O=C(Nc1cccc(F)c1)Nc1cc(NC(=O)Nc2cccc(F)c2)cc(C(F)(F)F)c1. The minimum absolute atomic E-state index is 0.0855. The maximum atomic E-state index is 13.3. The third-order valence-corrected chi connectivity index (χ3v) is 3.94. The van der Waals surface area contributed by atoms with Crippen LogP contribution in [-0.2, 0) is 6.18 Å². The molecule has 0 aliphatic heterocycles. The van der Waals surface area contributed by atoms with Gasteiger partial charge < -0.3 is 21.3 Å². The molecule has 3 aromatic rings. The first kappa shape index (κ1) is 22.5. The van der Waals surface area contributed by atoms with Crippen molar-refractivity contribution in [3.8, 4) is 0 Å². The molecule has 0 heterocycles. The van der Waals surface area contributed by atoms with Crippen molar-refractivity contribution in [1.29, 1.82) is 0 Å². The molecule has 0 spiro atoms. The maximum Gasteiger partial charge on any atom is 0.416 e. The van der Waals surface area contributed by atoms with Crippen molar-refractivity contribution in [1.82, 2.24) is 0 Å². The molecule has 0 radical (unpaired) electrons. The molecule has 0 bridgehead atoms. The van der Waals surface area contributed by atoms with Crippen molar-refractivity contribution >= 4 is 34.8 Å². The van der Waals surface area contributed by atoms with E-state index in [0.717, 1.165) is 30.3 Å². The molecule has 6 nitrogen and oxygen atoms in total. The number of benzene rings is 3. The van der Waals surface area contributed by atoms with Gasteiger partial charge in [-0.15, -0.1) is 0 Å². The van der Waals surface area contributed by atoms with E-state index in [1.807, 2.05) is 0 Å². The molecular weight excluding hydrogens is 435 g/mol. The molecule has 4 amide bonds. The minimum atomic E-state index is -4.77. The summed E-state index contributed by atoms with van der Waals surface area (Å²) in [7, 11) is 0. The van der Waals surface area contributed by atoms with Gasteiger partial charge in [-0.25, -0.2) is 18.4 Å². The number of carbonyl (C=O) groups is 2. The number of alkyl halides is 3. The zero-order valence-corrected chi connectivity index (χ0v) is 16.1. The summed E-state index contributed by atoms with van der Waals surface area (Å²) in [6.07, 6.45) is -4.77. The van der Waals surface area contributed by atoms with E-state index in [2.05, 4.69) is 21.3 Å². The monoisotopic (exact) mass is 450 g/mol. The molecule has 11 heteroatoms. The number of urea groups is 2. The smallest absolute Gasteiger partial charge is 0.308 e. The quantitative estimate of drug-likeness (QED) is 0.353. The van der Waals surface area contributed by atoms with Crippen LogP contribution in [0, 0.1) is 11.6 Å². The van der Waals surface area contributed by atoms with Crippen LogP contribution < -0.4 is 21.3 Å². The standard InChI is InChI=1S/C21H15F5N4O2/c22-13-3-1-5-15(9-13)27-19(31)29-17-7-12(21(24,25)26)8-18(11-17)30-20(32)28-16-6-2-4-14(23)10-16/h1-11H,(H2,27,29,31)(H2,28,30,32). The van der Waals surface area contributed by atoms with Crippen LogP contribution in [0.3, 0.4) is 0 Å². The summed E-state index contributed by atoms with van der Waals surface area (Å²) in [6, 6.07) is 10.4. The van der Waals surface area contributed by atoms with Crippen LogP contribution in [-0.4, -0.2) is 12.1 Å². The van der Waals surface area contributed by atoms with E-state index in [9.17, 15) is 31.5 Å². The molecule has 0 fully saturated rings. The predicted octanol–water partition coefficient (Wildman–Crippen LogP) is 6.27. The fourth-order valence-electron chi connectivity index (χ4n) is 2.65. The lowest BCUT2D eigenvalue weighted by atomic mass is 10.1. The van der Waals surface area contributed by atoms with Gasteiger partial charge in [-0.2, -0.15) is 13.2 Å². The first-order chi connectivity index (χ1) is 15.1. The lowest BCUT2D eigenvalue weighted by Gasteiger charge is -2.15. The third-order valence-electron chi connectivity index (χ3n) is 3.94. The van der Waals surface area contributed by atoms with Crippen LogP contribution in [0.2, 0.25) is 0 Å². The Morgan fingerprint density at radius 1 is 0.594 bits per heavy atom. The Labute approximate surface area is 178 Å². The summed E-state index contributed by atoms with van der Waals surface area (Å²) < 4.78 is 66.2. The second kappa shape index (κ2) is 9.33. The van der Waals surface area contributed by atoms with Crippen molar-refractivity contribution < 1.29 is 31.5 Å². The van der Waals surface area contributed by atoms with E-state index in [4.69, 9.17) is 0 Å². The molecule has 166 valence electrons. The lowest BCUT2D eigenvalue weighted by molar-refractivity contribution is -0.137. The number of amides is 4. The van der Waals surface area contributed by atoms with Crippen LogP contribution in [0.15, 0.2) is 66.7 Å². The van der Waals surface area contributed by atoms with Gasteiger partial charge in [-0.3, -0.25) is 0 Å². The Morgan fingerprint density at radius 3 is 1.38 bits per heavy atom. The summed E-state index contributed by atoms with van der Waals surface area (Å²) >= 11 is 0. The van der Waals surface area contributed by atoms with Gasteiger partial charge >= 0.3 is 18.2 Å². The van der Waals surface area contributed by atoms with Gasteiger partial charge in [0.25, 0.3) is 0 Å². The Bertz CT molecular complexity index is 1070. The second-order valence-corrected chi connectivity index (χ2v) is 6.48. The van der Waals surface area contributed by atoms with E-state index in [1.54, 1.807) is 0 Å². The van der Waals surface area contributed by atoms with E-state index in [0.29, 0.717) is 12.1 Å². The molecule has 0 atom stereocenters. The summed E-state index contributed by atoms with van der Waals surface area (Å²) in [6.45, 7) is 0. The summed E-state index contributed by atoms with van der Waals surface area (Å²) in [5.74, 6) is -1.23. The fraction of sp³-hybridized carbons (Fsp3) is 0.0476. The first-order valence-electron chi connectivity index (χ1n) is 8.98. The minimum Gasteiger partial charge on any atom is -0.308 e. The number of anilines is 4. The highest BCUT2D eigenvalue weighted by Gasteiger charge is 2.31. The largest absolute Gasteiger partial charge is 0.416 e. The summed E-state index contributed by atoms with van der Waals surface area (Å²) in [4.78, 5) is 24.2. The number of hydrogen-bond donors (Lipinski definition) is 4. The molecule has 32 heavy (non-hydrogen) atoms. The number of nitrogens with one attached hydrogen (secondary N) is 4. The Morgan fingerprint density at radius 2 is 1.00 bits per heavy atom. The molecular formula is C21H15F5N4O2. The van der Waals surface area contributed by atoms with Gasteiger partial charge in [0, 0.05) is 22.7 Å². The summed E-state index contributed by atoms with van der Waals surface area (Å²) in [5.41, 5.74) is -1.53. The summed E-state index contributed by atoms with van der Waals surface area (Å²) in [5, 5.41) is 8.96. The van der Waals surface area contributed by atoms with Gasteiger partial charge in [-0.05, 0) is 54.6 Å². The van der Waals surface area contributed by atoms with Gasteiger partial charge in [0.15, 0.2) is 0 Å². The van der Waals surface area contributed by atoms with Crippen LogP contribution in [0.25, 0.3) is 0 Å². The van der Waals surface area contributed by atoms with Crippen molar-refractivity contribution in [3.63, 3.8) is 0 Å². The van der Waals surface area contributed by atoms with E-state index in [1.165, 1.54) is 24.3 Å². The van der Waals surface area contributed by atoms with Gasteiger partial charge in [0.05, 0.1) is 5.56 Å². The Balaban J connectivity index is 1.77. The molecule has 4 N–H and O–H groups in total. The maximum absolute atomic E-state index is 13.3. The van der Waals surface area contributed by atoms with Crippen LogP contribution >= 0.6 is 0 Å². The first-order valence-corrected chi connectivity index (χ1v) is 8.98. The number of hydrogen-bond acceptors (Lipinski definition) is 2. The van der Waals surface area contributed by atoms with Crippen molar-refractivity contribution in [3.05, 3.63) is 83.9 Å². The molecule has 0 saturated carbocycles. The fourth-order valence-corrected chi connectivity index (χ4v) is 2.65. The average molecular weight is 450 g/mol. The predicted molar refractivity (Wildman–Crippen MR) is 110 cm³/mol. The van der Waals surface area contributed by atoms with Crippen LogP contribution in [0.5, 0.6) is 0 Å². The topological polar surface area (TPSA) is 82.3 Å². The Kier molecular flexibility index (Phi) is 6.57. The molecule has 0 aromatic heterocycles. The van der Waals surface area contributed by atoms with Crippen LogP contribution in [0.4, 0.5) is 54.3 Å².